The second-order valence-corrected chi connectivity index (χ2v) is 6.93. The zero-order chi connectivity index (χ0) is 16.9. The molecular weight excluding hydrogens is 324 g/mol. The Hall–Kier alpha value is -2.08. The standard InChI is InChI=1S/C18H20N2O3S/c21-16(19-10-5-2-6-11-19)9-12-20-17(22)15(24-18(20)23)13-14-7-3-1-4-8-14/h1,3-4,7-8,13H,2,5-6,9-12H2. The molecular formula is C18H20N2O3S. The van der Waals surface area contributed by atoms with Crippen LogP contribution in [-0.2, 0) is 9.59 Å². The van der Waals surface area contributed by atoms with Gasteiger partial charge in [0.05, 0.1) is 4.91 Å². The molecule has 6 heteroatoms. The normalized spacial score (nSPS) is 20.1. The van der Waals surface area contributed by atoms with Crippen molar-refractivity contribution in [3.63, 3.8) is 0 Å². The molecule has 0 unspecified atom stereocenters. The van der Waals surface area contributed by atoms with Crippen molar-refractivity contribution in [2.75, 3.05) is 19.6 Å². The van der Waals surface area contributed by atoms with Crippen LogP contribution in [0.2, 0.25) is 0 Å². The molecule has 0 radical (unpaired) electrons. The maximum Gasteiger partial charge on any atom is 0.293 e. The molecule has 1 aromatic rings. The number of hydrogen-bond donors (Lipinski definition) is 0. The van der Waals surface area contributed by atoms with E-state index in [2.05, 4.69) is 0 Å². The molecule has 0 aliphatic carbocycles. The largest absolute Gasteiger partial charge is 0.343 e. The fourth-order valence-corrected chi connectivity index (χ4v) is 3.77. The van der Waals surface area contributed by atoms with Crippen LogP contribution >= 0.6 is 11.8 Å². The predicted molar refractivity (Wildman–Crippen MR) is 94.2 cm³/mol. The highest BCUT2D eigenvalue weighted by Gasteiger charge is 2.35. The molecule has 0 spiro atoms. The smallest absolute Gasteiger partial charge is 0.293 e. The summed E-state index contributed by atoms with van der Waals surface area (Å²) >= 11 is 0.938. The Balaban J connectivity index is 1.60. The molecule has 0 saturated carbocycles. The van der Waals surface area contributed by atoms with E-state index in [-0.39, 0.29) is 30.0 Å². The van der Waals surface area contributed by atoms with E-state index in [4.69, 9.17) is 0 Å². The minimum atomic E-state index is -0.305. The number of likely N-dealkylation sites (tertiary alicyclic amines) is 1. The second kappa shape index (κ2) is 7.66. The summed E-state index contributed by atoms with van der Waals surface area (Å²) in [4.78, 5) is 40.1. The van der Waals surface area contributed by atoms with Gasteiger partial charge in [-0.15, -0.1) is 0 Å². The van der Waals surface area contributed by atoms with Gasteiger partial charge in [-0.3, -0.25) is 19.3 Å². The third-order valence-corrected chi connectivity index (χ3v) is 5.14. The van der Waals surface area contributed by atoms with Gasteiger partial charge >= 0.3 is 0 Å². The van der Waals surface area contributed by atoms with Gasteiger partial charge in [0.2, 0.25) is 5.91 Å². The highest BCUT2D eigenvalue weighted by atomic mass is 32.2. The third-order valence-electron chi connectivity index (χ3n) is 4.23. The van der Waals surface area contributed by atoms with E-state index in [1.165, 1.54) is 4.90 Å². The summed E-state index contributed by atoms with van der Waals surface area (Å²) in [6.45, 7) is 1.73. The summed E-state index contributed by atoms with van der Waals surface area (Å²) in [5.41, 5.74) is 0.882. The summed E-state index contributed by atoms with van der Waals surface area (Å²) in [5.74, 6) is -0.277. The number of hydrogen-bond acceptors (Lipinski definition) is 4. The first-order valence-electron chi connectivity index (χ1n) is 8.23. The fourth-order valence-electron chi connectivity index (χ4n) is 2.90. The average Bonchev–Trinajstić information content (AvgIpc) is 2.88. The molecule has 126 valence electrons. The molecule has 2 heterocycles. The Kier molecular flexibility index (Phi) is 5.35. The zero-order valence-electron chi connectivity index (χ0n) is 13.4. The van der Waals surface area contributed by atoms with Crippen LogP contribution in [0.3, 0.4) is 0 Å². The molecule has 0 bridgehead atoms. The van der Waals surface area contributed by atoms with Crippen LogP contribution < -0.4 is 0 Å². The van der Waals surface area contributed by atoms with Crippen LogP contribution in [-0.4, -0.2) is 46.5 Å². The van der Waals surface area contributed by atoms with Gasteiger partial charge in [0.1, 0.15) is 0 Å². The van der Waals surface area contributed by atoms with Gasteiger partial charge in [-0.25, -0.2) is 0 Å². The first-order chi connectivity index (χ1) is 11.6. The van der Waals surface area contributed by atoms with Crippen LogP contribution in [0.1, 0.15) is 31.2 Å². The lowest BCUT2D eigenvalue weighted by Gasteiger charge is -2.27. The molecule has 2 saturated heterocycles. The van der Waals surface area contributed by atoms with E-state index in [0.29, 0.717) is 4.91 Å². The minimum Gasteiger partial charge on any atom is -0.343 e. The van der Waals surface area contributed by atoms with Crippen molar-refractivity contribution in [3.8, 4) is 0 Å². The molecule has 24 heavy (non-hydrogen) atoms. The molecule has 2 aliphatic rings. The second-order valence-electron chi connectivity index (χ2n) is 5.94. The summed E-state index contributed by atoms with van der Waals surface area (Å²) in [6, 6.07) is 9.43. The van der Waals surface area contributed by atoms with Gasteiger partial charge in [-0.1, -0.05) is 30.3 Å². The SMILES string of the molecule is O=C(CCN1C(=O)SC(=Cc2ccccc2)C1=O)N1CCCCC1. The van der Waals surface area contributed by atoms with Crippen LogP contribution in [0.5, 0.6) is 0 Å². The lowest BCUT2D eigenvalue weighted by Crippen LogP contribution is -2.38. The van der Waals surface area contributed by atoms with Gasteiger partial charge in [0.15, 0.2) is 0 Å². The van der Waals surface area contributed by atoms with E-state index in [1.54, 1.807) is 6.08 Å². The number of imide groups is 1. The number of piperidine rings is 1. The van der Waals surface area contributed by atoms with E-state index in [0.717, 1.165) is 49.7 Å². The Morgan fingerprint density at radius 2 is 1.79 bits per heavy atom. The van der Waals surface area contributed by atoms with Crippen molar-refractivity contribution >= 4 is 34.9 Å². The highest BCUT2D eigenvalue weighted by molar-refractivity contribution is 8.18. The average molecular weight is 344 g/mol. The van der Waals surface area contributed by atoms with Crippen molar-refractivity contribution in [2.45, 2.75) is 25.7 Å². The highest BCUT2D eigenvalue weighted by Crippen LogP contribution is 2.32. The quantitative estimate of drug-likeness (QED) is 0.788. The van der Waals surface area contributed by atoms with Crippen LogP contribution in [0.25, 0.3) is 6.08 Å². The molecule has 0 atom stereocenters. The Bertz CT molecular complexity index is 666. The first kappa shape index (κ1) is 16.8. The van der Waals surface area contributed by atoms with E-state index in [1.807, 2.05) is 35.2 Å². The minimum absolute atomic E-state index is 0.0285. The predicted octanol–water partition coefficient (Wildman–Crippen LogP) is 3.13. The van der Waals surface area contributed by atoms with Crippen LogP contribution in [0.15, 0.2) is 35.2 Å². The number of nitrogens with zero attached hydrogens (tertiary/aromatic N) is 2. The number of carbonyl (C=O) groups is 3. The van der Waals surface area contributed by atoms with Crippen molar-refractivity contribution < 1.29 is 14.4 Å². The van der Waals surface area contributed by atoms with Crippen LogP contribution in [0, 0.1) is 0 Å². The molecule has 1 aromatic carbocycles. The summed E-state index contributed by atoms with van der Waals surface area (Å²) in [6.07, 6.45) is 5.16. The van der Waals surface area contributed by atoms with Gasteiger partial charge in [0.25, 0.3) is 11.1 Å². The van der Waals surface area contributed by atoms with Crippen molar-refractivity contribution in [1.29, 1.82) is 0 Å². The summed E-state index contributed by atoms with van der Waals surface area (Å²) in [7, 11) is 0. The lowest BCUT2D eigenvalue weighted by atomic mass is 10.1. The lowest BCUT2D eigenvalue weighted by molar-refractivity contribution is -0.132. The maximum absolute atomic E-state index is 12.4. The number of benzene rings is 1. The van der Waals surface area contributed by atoms with Gasteiger partial charge < -0.3 is 4.90 Å². The van der Waals surface area contributed by atoms with E-state index >= 15 is 0 Å². The molecule has 3 rings (SSSR count). The fraction of sp³-hybridized carbons (Fsp3) is 0.389. The maximum atomic E-state index is 12.4. The third kappa shape index (κ3) is 3.87. The number of rotatable bonds is 4. The Morgan fingerprint density at radius 3 is 2.50 bits per heavy atom. The van der Waals surface area contributed by atoms with Gasteiger partial charge in [-0.05, 0) is 42.7 Å². The van der Waals surface area contributed by atoms with Crippen molar-refractivity contribution in [3.05, 3.63) is 40.8 Å². The van der Waals surface area contributed by atoms with E-state index in [9.17, 15) is 14.4 Å². The number of carbonyl (C=O) groups excluding carboxylic acids is 3. The molecule has 5 nitrogen and oxygen atoms in total. The number of thioether (sulfide) groups is 1. The van der Waals surface area contributed by atoms with Gasteiger partial charge in [-0.2, -0.15) is 0 Å². The molecule has 2 aliphatic heterocycles. The topological polar surface area (TPSA) is 57.7 Å². The zero-order valence-corrected chi connectivity index (χ0v) is 14.3. The Labute approximate surface area is 145 Å². The molecule has 2 fully saturated rings. The Morgan fingerprint density at radius 1 is 1.08 bits per heavy atom. The first-order valence-corrected chi connectivity index (χ1v) is 9.05. The molecule has 3 amide bonds. The van der Waals surface area contributed by atoms with Gasteiger partial charge in [0, 0.05) is 26.1 Å². The molecule has 0 N–H and O–H groups in total. The van der Waals surface area contributed by atoms with E-state index < -0.39 is 0 Å². The van der Waals surface area contributed by atoms with Crippen molar-refractivity contribution in [2.24, 2.45) is 0 Å². The van der Waals surface area contributed by atoms with Crippen molar-refractivity contribution in [1.82, 2.24) is 9.80 Å². The van der Waals surface area contributed by atoms with Crippen LogP contribution in [0.4, 0.5) is 4.79 Å². The monoisotopic (exact) mass is 344 g/mol. The summed E-state index contributed by atoms with van der Waals surface area (Å²) < 4.78 is 0. The molecule has 0 aromatic heterocycles. The number of amides is 3. The summed E-state index contributed by atoms with van der Waals surface area (Å²) in [5, 5.41) is -0.298.